The van der Waals surface area contributed by atoms with Crippen molar-refractivity contribution in [2.75, 3.05) is 0 Å². The van der Waals surface area contributed by atoms with Crippen LogP contribution < -0.4 is 0 Å². The van der Waals surface area contributed by atoms with Gasteiger partial charge < -0.3 is 0 Å². The second-order valence-electron chi connectivity index (χ2n) is 5.07. The highest BCUT2D eigenvalue weighted by atomic mass is 32.1. The first-order valence-electron chi connectivity index (χ1n) is 7.30. The van der Waals surface area contributed by atoms with E-state index in [1.54, 1.807) is 41.5 Å². The number of aromatic nitrogens is 5. The quantitative estimate of drug-likeness (QED) is 0.570. The maximum Gasteiger partial charge on any atom is 0.180 e. The van der Waals surface area contributed by atoms with Crippen LogP contribution in [0.25, 0.3) is 22.2 Å². The van der Waals surface area contributed by atoms with Crippen LogP contribution in [0.1, 0.15) is 5.56 Å². The number of nitrogens with zero attached hydrogens (tertiary/aromatic N) is 5. The molecule has 4 rings (SSSR count). The molecule has 24 heavy (non-hydrogen) atoms. The third-order valence-corrected chi connectivity index (χ3v) is 4.30. The van der Waals surface area contributed by atoms with E-state index in [4.69, 9.17) is 0 Å². The third kappa shape index (κ3) is 2.81. The molecule has 3 aromatic heterocycles. The Morgan fingerprint density at radius 3 is 2.58 bits per heavy atom. The van der Waals surface area contributed by atoms with E-state index < -0.39 is 0 Å². The molecule has 0 aliphatic carbocycles. The van der Waals surface area contributed by atoms with Crippen molar-refractivity contribution in [2.45, 2.75) is 6.54 Å². The van der Waals surface area contributed by atoms with Gasteiger partial charge in [0.25, 0.3) is 0 Å². The molecule has 0 aliphatic rings. The molecule has 118 valence electrons. The molecule has 0 unspecified atom stereocenters. The number of halogens is 1. The van der Waals surface area contributed by atoms with Gasteiger partial charge in [-0.2, -0.15) is 5.10 Å². The Balaban J connectivity index is 1.80. The van der Waals surface area contributed by atoms with Gasteiger partial charge in [0.1, 0.15) is 16.5 Å². The molecule has 0 amide bonds. The Morgan fingerprint density at radius 2 is 1.83 bits per heavy atom. The van der Waals surface area contributed by atoms with Crippen LogP contribution in [-0.4, -0.2) is 24.7 Å². The zero-order valence-electron chi connectivity index (χ0n) is 12.5. The van der Waals surface area contributed by atoms with E-state index in [0.29, 0.717) is 23.6 Å². The van der Waals surface area contributed by atoms with E-state index in [1.807, 2.05) is 17.5 Å². The van der Waals surface area contributed by atoms with Gasteiger partial charge in [-0.05, 0) is 18.2 Å². The molecule has 7 heteroatoms. The van der Waals surface area contributed by atoms with Gasteiger partial charge in [-0.25, -0.2) is 19.3 Å². The fourth-order valence-corrected chi connectivity index (χ4v) is 3.05. The first-order valence-corrected chi connectivity index (χ1v) is 8.18. The molecule has 0 fully saturated rings. The van der Waals surface area contributed by atoms with Crippen LogP contribution in [0.3, 0.4) is 0 Å². The number of hydrogen-bond acceptors (Lipinski definition) is 5. The van der Waals surface area contributed by atoms with Crippen LogP contribution in [-0.2, 0) is 6.54 Å². The zero-order valence-corrected chi connectivity index (χ0v) is 13.3. The molecule has 1 aromatic carbocycles. The molecule has 4 aromatic rings. The van der Waals surface area contributed by atoms with Crippen molar-refractivity contribution < 1.29 is 4.39 Å². The van der Waals surface area contributed by atoms with Crippen molar-refractivity contribution in [2.24, 2.45) is 0 Å². The Bertz CT molecular complexity index is 950. The van der Waals surface area contributed by atoms with Crippen LogP contribution in [0.15, 0.2) is 60.4 Å². The van der Waals surface area contributed by atoms with E-state index in [9.17, 15) is 4.39 Å². The predicted molar refractivity (Wildman–Crippen MR) is 89.9 cm³/mol. The predicted octanol–water partition coefficient (Wildman–Crippen LogP) is 3.65. The van der Waals surface area contributed by atoms with Crippen molar-refractivity contribution in [1.29, 1.82) is 0 Å². The summed E-state index contributed by atoms with van der Waals surface area (Å²) >= 11 is 1.51. The third-order valence-electron chi connectivity index (χ3n) is 3.50. The van der Waals surface area contributed by atoms with E-state index >= 15 is 0 Å². The average Bonchev–Trinajstić information content (AvgIpc) is 3.27. The van der Waals surface area contributed by atoms with Gasteiger partial charge in [0.2, 0.25) is 0 Å². The molecule has 0 saturated heterocycles. The summed E-state index contributed by atoms with van der Waals surface area (Å²) in [5.41, 5.74) is 2.02. The van der Waals surface area contributed by atoms with Crippen molar-refractivity contribution in [1.82, 2.24) is 24.7 Å². The minimum Gasteiger partial charge on any atom is -0.257 e. The molecule has 5 nitrogen and oxygen atoms in total. The molecule has 0 atom stereocenters. The van der Waals surface area contributed by atoms with E-state index in [2.05, 4.69) is 20.1 Å². The smallest absolute Gasteiger partial charge is 0.180 e. The largest absolute Gasteiger partial charge is 0.257 e. The first kappa shape index (κ1) is 14.6. The highest BCUT2D eigenvalue weighted by molar-refractivity contribution is 7.13. The number of hydrogen-bond donors (Lipinski definition) is 0. The standard InChI is InChI=1S/C17H12FN5S/c18-13-5-2-1-4-12(13)11-23-15(17-21-8-9-24-17)10-14(22-23)16-19-6-3-7-20-16/h1-10H,11H2. The van der Waals surface area contributed by atoms with E-state index in [-0.39, 0.29) is 5.82 Å². The molecule has 0 saturated carbocycles. The molecular formula is C17H12FN5S. The minimum atomic E-state index is -0.254. The highest BCUT2D eigenvalue weighted by Gasteiger charge is 2.16. The summed E-state index contributed by atoms with van der Waals surface area (Å²) in [6, 6.07) is 10.3. The van der Waals surface area contributed by atoms with Crippen molar-refractivity contribution in [3.8, 4) is 22.2 Å². The Hall–Kier alpha value is -2.93. The molecule has 0 aliphatic heterocycles. The maximum absolute atomic E-state index is 14.0. The summed E-state index contributed by atoms with van der Waals surface area (Å²) in [5.74, 6) is 0.276. The SMILES string of the molecule is Fc1ccccc1Cn1nc(-c2ncccn2)cc1-c1nccs1. The first-order chi connectivity index (χ1) is 11.8. The second kappa shape index (κ2) is 6.29. The number of thiazole rings is 1. The lowest BCUT2D eigenvalue weighted by atomic mass is 10.2. The van der Waals surface area contributed by atoms with Crippen molar-refractivity contribution >= 4 is 11.3 Å². The van der Waals surface area contributed by atoms with E-state index in [0.717, 1.165) is 10.7 Å². The summed E-state index contributed by atoms with van der Waals surface area (Å²) in [5, 5.41) is 7.28. The van der Waals surface area contributed by atoms with E-state index in [1.165, 1.54) is 17.4 Å². The minimum absolute atomic E-state index is 0.254. The molecule has 0 spiro atoms. The fourth-order valence-electron chi connectivity index (χ4n) is 2.39. The second-order valence-corrected chi connectivity index (χ2v) is 5.97. The Morgan fingerprint density at radius 1 is 1.00 bits per heavy atom. The summed E-state index contributed by atoms with van der Waals surface area (Å²) in [4.78, 5) is 12.8. The number of rotatable bonds is 4. The Labute approximate surface area is 141 Å². The zero-order chi connectivity index (χ0) is 16.4. The lowest BCUT2D eigenvalue weighted by Crippen LogP contribution is -2.05. The van der Waals surface area contributed by atoms with Crippen LogP contribution in [0.5, 0.6) is 0 Å². The molecule has 0 bridgehead atoms. The van der Waals surface area contributed by atoms with Gasteiger partial charge in [-0.1, -0.05) is 18.2 Å². The molecule has 3 heterocycles. The van der Waals surface area contributed by atoms with Gasteiger partial charge in [-0.15, -0.1) is 11.3 Å². The monoisotopic (exact) mass is 337 g/mol. The van der Waals surface area contributed by atoms with Crippen LogP contribution in [0.2, 0.25) is 0 Å². The maximum atomic E-state index is 14.0. The number of benzene rings is 1. The molecular weight excluding hydrogens is 325 g/mol. The average molecular weight is 337 g/mol. The van der Waals surface area contributed by atoms with Crippen LogP contribution in [0, 0.1) is 5.82 Å². The summed E-state index contributed by atoms with van der Waals surface area (Å²) in [6.45, 7) is 0.314. The molecule has 0 N–H and O–H groups in total. The highest BCUT2D eigenvalue weighted by Crippen LogP contribution is 2.27. The van der Waals surface area contributed by atoms with Gasteiger partial charge >= 0.3 is 0 Å². The van der Waals surface area contributed by atoms with Crippen LogP contribution in [0.4, 0.5) is 4.39 Å². The van der Waals surface area contributed by atoms with Crippen LogP contribution >= 0.6 is 11.3 Å². The van der Waals surface area contributed by atoms with Gasteiger partial charge in [0.05, 0.1) is 12.2 Å². The van der Waals surface area contributed by atoms with Gasteiger partial charge in [0.15, 0.2) is 5.82 Å². The fraction of sp³-hybridized carbons (Fsp3) is 0.0588. The van der Waals surface area contributed by atoms with Crippen molar-refractivity contribution in [3.63, 3.8) is 0 Å². The normalized spacial score (nSPS) is 10.9. The van der Waals surface area contributed by atoms with Crippen molar-refractivity contribution in [3.05, 3.63) is 71.7 Å². The lowest BCUT2D eigenvalue weighted by Gasteiger charge is -2.06. The van der Waals surface area contributed by atoms with Gasteiger partial charge in [-0.3, -0.25) is 4.68 Å². The topological polar surface area (TPSA) is 56.5 Å². The summed E-state index contributed by atoms with van der Waals surface area (Å²) in [7, 11) is 0. The lowest BCUT2D eigenvalue weighted by molar-refractivity contribution is 0.587. The van der Waals surface area contributed by atoms with Gasteiger partial charge in [0, 0.05) is 29.5 Å². The molecule has 0 radical (unpaired) electrons. The Kier molecular flexibility index (Phi) is 3.84. The summed E-state index contributed by atoms with van der Waals surface area (Å²) in [6.07, 6.45) is 5.07. The summed E-state index contributed by atoms with van der Waals surface area (Å²) < 4.78 is 15.7.